The van der Waals surface area contributed by atoms with Gasteiger partial charge in [-0.3, -0.25) is 4.79 Å². The maximum absolute atomic E-state index is 13.6. The van der Waals surface area contributed by atoms with Crippen molar-refractivity contribution in [1.82, 2.24) is 10.6 Å². The number of hydrogen-bond donors (Lipinski definition) is 2. The second kappa shape index (κ2) is 7.63. The zero-order chi connectivity index (χ0) is 18.8. The third kappa shape index (κ3) is 3.83. The molecule has 3 rings (SSSR count). The summed E-state index contributed by atoms with van der Waals surface area (Å²) in [6.07, 6.45) is 0.585. The van der Waals surface area contributed by atoms with Crippen LogP contribution in [0.2, 0.25) is 5.02 Å². The molecule has 2 unspecified atom stereocenters. The first-order chi connectivity index (χ1) is 12.4. The van der Waals surface area contributed by atoms with E-state index in [9.17, 15) is 22.4 Å². The van der Waals surface area contributed by atoms with E-state index < -0.39 is 35.2 Å². The largest absolute Gasteiger partial charge is 0.347 e. The normalized spacial score (nSPS) is 20.0. The number of benzene rings is 2. The number of halogens is 5. The van der Waals surface area contributed by atoms with Crippen LogP contribution < -0.4 is 10.6 Å². The number of hydrogen-bond acceptors (Lipinski definition) is 2. The van der Waals surface area contributed by atoms with Gasteiger partial charge in [-0.1, -0.05) is 17.7 Å². The molecular weight excluding hydrogens is 372 g/mol. The van der Waals surface area contributed by atoms with Gasteiger partial charge in [0.15, 0.2) is 23.3 Å². The molecule has 3 nitrogen and oxygen atoms in total. The molecule has 1 fully saturated rings. The molecule has 0 spiro atoms. The van der Waals surface area contributed by atoms with Gasteiger partial charge < -0.3 is 10.6 Å². The van der Waals surface area contributed by atoms with Crippen molar-refractivity contribution < 1.29 is 22.4 Å². The molecule has 1 amide bonds. The Labute approximate surface area is 152 Å². The molecule has 2 aromatic rings. The topological polar surface area (TPSA) is 41.1 Å². The van der Waals surface area contributed by atoms with Crippen LogP contribution in [0.3, 0.4) is 0 Å². The van der Waals surface area contributed by atoms with E-state index in [2.05, 4.69) is 10.6 Å². The van der Waals surface area contributed by atoms with Gasteiger partial charge in [-0.2, -0.15) is 0 Å². The average Bonchev–Trinajstić information content (AvgIpc) is 2.61. The molecule has 0 saturated carbocycles. The van der Waals surface area contributed by atoms with Crippen molar-refractivity contribution in [2.45, 2.75) is 18.4 Å². The summed E-state index contributed by atoms with van der Waals surface area (Å²) in [5.41, 5.74) is 0.354. The second-order valence-corrected chi connectivity index (χ2v) is 6.51. The van der Waals surface area contributed by atoms with E-state index in [4.69, 9.17) is 11.6 Å². The number of carbonyl (C=O) groups is 1. The molecule has 0 bridgehead atoms. The van der Waals surface area contributed by atoms with Crippen molar-refractivity contribution in [2.24, 2.45) is 0 Å². The van der Waals surface area contributed by atoms with Crippen molar-refractivity contribution in [2.75, 3.05) is 13.1 Å². The maximum atomic E-state index is 13.6. The van der Waals surface area contributed by atoms with E-state index in [1.165, 1.54) is 6.07 Å². The van der Waals surface area contributed by atoms with Crippen LogP contribution in [-0.4, -0.2) is 25.0 Å². The Balaban J connectivity index is 1.83. The highest BCUT2D eigenvalue weighted by atomic mass is 35.5. The van der Waals surface area contributed by atoms with Crippen LogP contribution in [0.1, 0.15) is 28.3 Å². The van der Waals surface area contributed by atoms with Gasteiger partial charge in [-0.25, -0.2) is 17.6 Å². The smallest absolute Gasteiger partial charge is 0.253 e. The summed E-state index contributed by atoms with van der Waals surface area (Å²) in [4.78, 5) is 12.4. The minimum Gasteiger partial charge on any atom is -0.347 e. The lowest BCUT2D eigenvalue weighted by atomic mass is 9.85. The molecule has 0 aromatic heterocycles. The Kier molecular flexibility index (Phi) is 5.48. The molecule has 2 atom stereocenters. The third-order valence-corrected chi connectivity index (χ3v) is 4.74. The van der Waals surface area contributed by atoms with Gasteiger partial charge in [0.2, 0.25) is 0 Å². The number of carbonyl (C=O) groups excluding carboxylic acids is 1. The van der Waals surface area contributed by atoms with E-state index in [0.717, 1.165) is 24.3 Å². The second-order valence-electron chi connectivity index (χ2n) is 6.10. The van der Waals surface area contributed by atoms with Crippen molar-refractivity contribution >= 4 is 17.5 Å². The van der Waals surface area contributed by atoms with Gasteiger partial charge in [0.05, 0.1) is 10.6 Å². The van der Waals surface area contributed by atoms with Crippen molar-refractivity contribution in [3.8, 4) is 0 Å². The fourth-order valence-electron chi connectivity index (χ4n) is 3.09. The lowest BCUT2D eigenvalue weighted by molar-refractivity contribution is 0.0924. The van der Waals surface area contributed by atoms with Crippen LogP contribution in [-0.2, 0) is 0 Å². The highest BCUT2D eigenvalue weighted by Crippen LogP contribution is 2.28. The van der Waals surface area contributed by atoms with Crippen molar-refractivity contribution in [1.29, 1.82) is 0 Å². The first kappa shape index (κ1) is 18.7. The lowest BCUT2D eigenvalue weighted by Gasteiger charge is -2.33. The van der Waals surface area contributed by atoms with Crippen LogP contribution in [0.5, 0.6) is 0 Å². The number of piperidine rings is 1. The summed E-state index contributed by atoms with van der Waals surface area (Å²) in [5.74, 6) is -5.18. The molecule has 8 heteroatoms. The molecule has 2 aromatic carbocycles. The quantitative estimate of drug-likeness (QED) is 0.623. The Bertz CT molecular complexity index is 846. The van der Waals surface area contributed by atoms with Crippen molar-refractivity contribution in [3.05, 3.63) is 69.8 Å². The van der Waals surface area contributed by atoms with E-state index >= 15 is 0 Å². The van der Waals surface area contributed by atoms with Gasteiger partial charge in [0.1, 0.15) is 0 Å². The fraction of sp³-hybridized carbons (Fsp3) is 0.278. The summed E-state index contributed by atoms with van der Waals surface area (Å²) in [7, 11) is 0. The monoisotopic (exact) mass is 386 g/mol. The van der Waals surface area contributed by atoms with Gasteiger partial charge in [-0.05, 0) is 42.8 Å². The first-order valence-electron chi connectivity index (χ1n) is 7.98. The molecule has 0 aliphatic carbocycles. The van der Waals surface area contributed by atoms with E-state index in [1.807, 2.05) is 0 Å². The summed E-state index contributed by atoms with van der Waals surface area (Å²) in [6.45, 7) is 1.03. The lowest BCUT2D eigenvalue weighted by Crippen LogP contribution is -2.50. The summed E-state index contributed by atoms with van der Waals surface area (Å²) >= 11 is 5.83. The fourth-order valence-corrected chi connectivity index (χ4v) is 3.33. The molecule has 0 radical (unpaired) electrons. The zero-order valence-electron chi connectivity index (χ0n) is 13.5. The molecule has 1 heterocycles. The van der Waals surface area contributed by atoms with Gasteiger partial charge in [0, 0.05) is 18.5 Å². The Hall–Kier alpha value is -2.12. The number of nitrogens with one attached hydrogen (secondary N) is 2. The van der Waals surface area contributed by atoms with Crippen LogP contribution >= 0.6 is 11.6 Å². The zero-order valence-corrected chi connectivity index (χ0v) is 14.2. The van der Waals surface area contributed by atoms with Crippen molar-refractivity contribution in [3.63, 3.8) is 0 Å². The Morgan fingerprint density at radius 3 is 2.46 bits per heavy atom. The maximum Gasteiger partial charge on any atom is 0.253 e. The van der Waals surface area contributed by atoms with Crippen LogP contribution in [0.25, 0.3) is 0 Å². The van der Waals surface area contributed by atoms with Crippen LogP contribution in [0, 0.1) is 23.3 Å². The average molecular weight is 387 g/mol. The summed E-state index contributed by atoms with van der Waals surface area (Å²) in [5, 5.41) is 5.60. The first-order valence-corrected chi connectivity index (χ1v) is 8.35. The van der Waals surface area contributed by atoms with Gasteiger partial charge in [0.25, 0.3) is 5.91 Å². The minimum atomic E-state index is -1.18. The molecule has 1 aliphatic heterocycles. The Morgan fingerprint density at radius 2 is 1.73 bits per heavy atom. The Morgan fingerprint density at radius 1 is 1.04 bits per heavy atom. The van der Waals surface area contributed by atoms with Gasteiger partial charge >= 0.3 is 0 Å². The molecule has 138 valence electrons. The summed E-state index contributed by atoms with van der Waals surface area (Å²) < 4.78 is 53.3. The molecule has 2 N–H and O–H groups in total. The van der Waals surface area contributed by atoms with Gasteiger partial charge in [-0.15, -0.1) is 0 Å². The standard InChI is InChI=1S/C18H15ClF4N2O/c19-12-7-16(23)15(22)6-11(12)18(26)25-17-8-24-4-3-10(17)9-1-2-13(20)14(21)5-9/h1-2,5-7,10,17,24H,3-4,8H2,(H,25,26). The van der Waals surface area contributed by atoms with E-state index in [0.29, 0.717) is 25.1 Å². The van der Waals surface area contributed by atoms with E-state index in [1.54, 1.807) is 0 Å². The molecule has 1 aliphatic rings. The molecule has 26 heavy (non-hydrogen) atoms. The highest BCUT2D eigenvalue weighted by Gasteiger charge is 2.29. The molecule has 1 saturated heterocycles. The molecular formula is C18H15ClF4N2O. The van der Waals surface area contributed by atoms with E-state index in [-0.39, 0.29) is 16.5 Å². The summed E-state index contributed by atoms with van der Waals surface area (Å²) in [6, 6.07) is 4.63. The third-order valence-electron chi connectivity index (χ3n) is 4.42. The predicted octanol–water partition coefficient (Wildman–Crippen LogP) is 3.77. The van der Waals surface area contributed by atoms with Crippen LogP contribution in [0.4, 0.5) is 17.6 Å². The SMILES string of the molecule is O=C(NC1CNCCC1c1ccc(F)c(F)c1)c1cc(F)c(F)cc1Cl. The number of amides is 1. The minimum absolute atomic E-state index is 0.194. The predicted molar refractivity (Wildman–Crippen MR) is 89.2 cm³/mol. The van der Waals surface area contributed by atoms with Crippen LogP contribution in [0.15, 0.2) is 30.3 Å². The number of rotatable bonds is 3. The highest BCUT2D eigenvalue weighted by molar-refractivity contribution is 6.33.